The maximum Gasteiger partial charge on any atom is 0.309 e. The number of hydrogen-bond acceptors (Lipinski definition) is 8. The number of pyridine rings is 1. The molecule has 6 atom stereocenters. The van der Waals surface area contributed by atoms with E-state index in [0.717, 1.165) is 11.3 Å². The molecule has 2 rings (SSSR count). The summed E-state index contributed by atoms with van der Waals surface area (Å²) in [6.45, 7) is 8.59. The van der Waals surface area contributed by atoms with Crippen LogP contribution in [0, 0.1) is 5.92 Å². The second-order valence-electron chi connectivity index (χ2n) is 9.63. The van der Waals surface area contributed by atoms with Gasteiger partial charge in [0, 0.05) is 24.8 Å². The van der Waals surface area contributed by atoms with Crippen molar-refractivity contribution < 1.29 is 34.0 Å². The zero-order chi connectivity index (χ0) is 26.9. The summed E-state index contributed by atoms with van der Waals surface area (Å²) in [6, 6.07) is 5.61. The number of hydrogen-bond donors (Lipinski definition) is 2. The Morgan fingerprint density at radius 3 is 2.69 bits per heavy atom. The van der Waals surface area contributed by atoms with Crippen LogP contribution in [0.3, 0.4) is 0 Å². The molecule has 0 radical (unpaired) electrons. The van der Waals surface area contributed by atoms with Crippen LogP contribution in [0.25, 0.3) is 0 Å². The Hall–Kier alpha value is -2.97. The summed E-state index contributed by atoms with van der Waals surface area (Å²) >= 11 is 0. The molecule has 1 aromatic heterocycles. The van der Waals surface area contributed by atoms with Crippen LogP contribution >= 0.6 is 0 Å². The van der Waals surface area contributed by atoms with Gasteiger partial charge >= 0.3 is 11.9 Å². The Kier molecular flexibility index (Phi) is 10.9. The monoisotopic (exact) mass is 501 g/mol. The molecule has 1 unspecified atom stereocenters. The Bertz CT molecular complexity index is 982. The zero-order valence-corrected chi connectivity index (χ0v) is 22.0. The van der Waals surface area contributed by atoms with Gasteiger partial charge in [-0.15, -0.1) is 0 Å². The Labute approximate surface area is 213 Å². The van der Waals surface area contributed by atoms with Crippen LogP contribution in [0.4, 0.5) is 0 Å². The highest BCUT2D eigenvalue weighted by Gasteiger charge is 2.35. The lowest BCUT2D eigenvalue weighted by molar-refractivity contribution is -0.157. The molecule has 36 heavy (non-hydrogen) atoms. The van der Waals surface area contributed by atoms with Gasteiger partial charge in [-0.05, 0) is 44.4 Å². The van der Waals surface area contributed by atoms with E-state index in [1.165, 1.54) is 6.92 Å². The molecule has 8 heteroatoms. The van der Waals surface area contributed by atoms with E-state index in [9.17, 15) is 19.8 Å². The summed E-state index contributed by atoms with van der Waals surface area (Å²) in [4.78, 5) is 28.7. The molecule has 1 aromatic rings. The Balaban J connectivity index is 2.29. The molecule has 1 aliphatic heterocycles. The summed E-state index contributed by atoms with van der Waals surface area (Å²) in [5, 5.41) is 21.2. The van der Waals surface area contributed by atoms with Crippen LogP contribution in [-0.4, -0.2) is 58.2 Å². The van der Waals surface area contributed by atoms with Crippen molar-refractivity contribution in [3.8, 4) is 5.88 Å². The number of nitrogens with zero attached hydrogens (tertiary/aromatic N) is 1. The smallest absolute Gasteiger partial charge is 0.309 e. The van der Waals surface area contributed by atoms with Gasteiger partial charge in [-0.1, -0.05) is 44.2 Å². The highest BCUT2D eigenvalue weighted by Crippen LogP contribution is 2.27. The first-order chi connectivity index (χ1) is 16.9. The number of ether oxygens (including phenoxy) is 3. The lowest BCUT2D eigenvalue weighted by Gasteiger charge is -2.32. The molecule has 0 amide bonds. The van der Waals surface area contributed by atoms with E-state index in [4.69, 9.17) is 14.2 Å². The second kappa shape index (κ2) is 13.4. The number of aliphatic hydroxyl groups is 2. The van der Waals surface area contributed by atoms with Gasteiger partial charge < -0.3 is 24.4 Å². The number of carbonyl (C=O) groups excluding carboxylic acids is 2. The molecule has 0 fully saturated rings. The van der Waals surface area contributed by atoms with Crippen LogP contribution in [0.2, 0.25) is 0 Å². The van der Waals surface area contributed by atoms with Gasteiger partial charge in [-0.25, -0.2) is 4.98 Å². The average Bonchev–Trinajstić information content (AvgIpc) is 2.82. The number of rotatable bonds is 6. The zero-order valence-electron chi connectivity index (χ0n) is 22.0. The molecular weight excluding hydrogens is 462 g/mol. The Morgan fingerprint density at radius 1 is 1.31 bits per heavy atom. The lowest BCUT2D eigenvalue weighted by atomic mass is 9.88. The van der Waals surface area contributed by atoms with Gasteiger partial charge in [0.2, 0.25) is 5.88 Å². The fraction of sp³-hybridized carbons (Fsp3) is 0.536. The largest absolute Gasteiger partial charge is 0.481 e. The Morgan fingerprint density at radius 2 is 2.03 bits per heavy atom. The third-order valence-corrected chi connectivity index (χ3v) is 6.25. The number of esters is 2. The van der Waals surface area contributed by atoms with Crippen LogP contribution in [0.15, 0.2) is 54.2 Å². The summed E-state index contributed by atoms with van der Waals surface area (Å²) < 4.78 is 16.3. The molecule has 1 aliphatic rings. The number of aliphatic hydroxyl groups excluding tert-OH is 1. The van der Waals surface area contributed by atoms with Crippen LogP contribution < -0.4 is 4.74 Å². The topological polar surface area (TPSA) is 115 Å². The molecule has 0 saturated heterocycles. The van der Waals surface area contributed by atoms with E-state index in [2.05, 4.69) is 4.98 Å². The van der Waals surface area contributed by atoms with E-state index in [1.807, 2.05) is 51.1 Å². The molecule has 0 spiro atoms. The predicted molar refractivity (Wildman–Crippen MR) is 136 cm³/mol. The van der Waals surface area contributed by atoms with Gasteiger partial charge in [0.25, 0.3) is 0 Å². The number of cyclic esters (lactones) is 1. The molecule has 2 N–H and O–H groups in total. The van der Waals surface area contributed by atoms with E-state index in [0.29, 0.717) is 5.88 Å². The van der Waals surface area contributed by atoms with Crippen molar-refractivity contribution in [2.45, 2.75) is 83.7 Å². The predicted octanol–water partition coefficient (Wildman–Crippen LogP) is 4.03. The minimum Gasteiger partial charge on any atom is -0.481 e. The number of aromatic nitrogens is 1. The van der Waals surface area contributed by atoms with Crippen molar-refractivity contribution in [1.29, 1.82) is 0 Å². The van der Waals surface area contributed by atoms with Crippen molar-refractivity contribution >= 4 is 11.9 Å². The van der Waals surface area contributed by atoms with Crippen molar-refractivity contribution in [2.24, 2.45) is 5.92 Å². The first kappa shape index (κ1) is 29.3. The molecule has 0 saturated carbocycles. The minimum atomic E-state index is -1.40. The molecule has 0 aliphatic carbocycles. The first-order valence-corrected chi connectivity index (χ1v) is 12.2. The van der Waals surface area contributed by atoms with Gasteiger partial charge in [0.1, 0.15) is 17.8 Å². The van der Waals surface area contributed by atoms with Crippen molar-refractivity contribution in [3.05, 3.63) is 59.8 Å². The highest BCUT2D eigenvalue weighted by atomic mass is 16.6. The van der Waals surface area contributed by atoms with E-state index in [1.54, 1.807) is 32.3 Å². The van der Waals surface area contributed by atoms with Crippen molar-refractivity contribution in [1.82, 2.24) is 4.98 Å². The third-order valence-electron chi connectivity index (χ3n) is 6.25. The van der Waals surface area contributed by atoms with E-state index in [-0.39, 0.29) is 31.1 Å². The number of allylic oxidation sites excluding steroid dienone is 3. The lowest BCUT2D eigenvalue weighted by Crippen LogP contribution is -2.42. The van der Waals surface area contributed by atoms with Crippen molar-refractivity contribution in [3.63, 3.8) is 0 Å². The summed E-state index contributed by atoms with van der Waals surface area (Å²) in [5.74, 6) is -0.749. The molecule has 198 valence electrons. The third kappa shape index (κ3) is 8.91. The normalized spacial score (nSPS) is 30.0. The maximum atomic E-state index is 12.6. The maximum absolute atomic E-state index is 12.6. The highest BCUT2D eigenvalue weighted by molar-refractivity contribution is 5.70. The molecule has 0 bridgehead atoms. The van der Waals surface area contributed by atoms with Gasteiger partial charge in [0.05, 0.1) is 25.3 Å². The molecule has 0 aromatic carbocycles. The van der Waals surface area contributed by atoms with E-state index >= 15 is 0 Å². The van der Waals surface area contributed by atoms with Crippen LogP contribution in [0.5, 0.6) is 5.88 Å². The minimum absolute atomic E-state index is 0.0298. The van der Waals surface area contributed by atoms with Crippen LogP contribution in [0.1, 0.15) is 65.5 Å². The SMILES string of the molecule is COc1cccc(C(C)/C=C/C=C(\C)[C@H]2OC(=O)C[C@@H](O)CC[C@](C)(O)[C@@H](OC(C)=O)/C=C/[C@@H]2C)n1. The summed E-state index contributed by atoms with van der Waals surface area (Å²) in [6.07, 6.45) is 6.77. The van der Waals surface area contributed by atoms with Crippen LogP contribution in [-0.2, 0) is 19.1 Å². The average molecular weight is 502 g/mol. The number of methoxy groups -OCH3 is 1. The fourth-order valence-electron chi connectivity index (χ4n) is 4.00. The fourth-order valence-corrected chi connectivity index (χ4v) is 4.00. The molecule has 8 nitrogen and oxygen atoms in total. The van der Waals surface area contributed by atoms with Crippen molar-refractivity contribution in [2.75, 3.05) is 7.11 Å². The first-order valence-electron chi connectivity index (χ1n) is 12.2. The van der Waals surface area contributed by atoms with E-state index < -0.39 is 35.9 Å². The van der Waals surface area contributed by atoms with Gasteiger partial charge in [0.15, 0.2) is 0 Å². The number of carbonyl (C=O) groups is 2. The molecular formula is C28H39NO7. The summed E-state index contributed by atoms with van der Waals surface area (Å²) in [5.41, 5.74) is 0.257. The van der Waals surface area contributed by atoms with Gasteiger partial charge in [-0.3, -0.25) is 9.59 Å². The summed E-state index contributed by atoms with van der Waals surface area (Å²) in [7, 11) is 1.58. The standard InChI is InChI=1S/C28H39NO7/c1-18(23-11-8-12-25(29-23)34-6)9-7-10-19(2)27-20(3)13-14-24(35-21(4)30)28(5,33)16-15-22(31)17-26(32)36-27/h7-14,18,20,22,24,27,31,33H,15-17H2,1-6H3/b9-7+,14-13+,19-10+/t18?,20-,22-,24-,27+,28-/m0/s1. The van der Waals surface area contributed by atoms with Gasteiger partial charge in [-0.2, -0.15) is 0 Å². The molecule has 2 heterocycles. The quantitative estimate of drug-likeness (QED) is 0.341. The second-order valence-corrected chi connectivity index (χ2v) is 9.63.